The highest BCUT2D eigenvalue weighted by Crippen LogP contribution is 2.24. The Morgan fingerprint density at radius 2 is 1.55 bits per heavy atom. The highest BCUT2D eigenvalue weighted by Gasteiger charge is 2.11. The molecule has 5 nitrogen and oxygen atoms in total. The van der Waals surface area contributed by atoms with Gasteiger partial charge in [-0.05, 0) is 73.7 Å². The van der Waals surface area contributed by atoms with Crippen LogP contribution < -0.4 is 15.4 Å². The molecule has 0 spiro atoms. The molecule has 3 aromatic rings. The van der Waals surface area contributed by atoms with Crippen LogP contribution in [0.25, 0.3) is 0 Å². The molecule has 0 heterocycles. The molecule has 2 amide bonds. The Balaban J connectivity index is 1.49. The fourth-order valence-electron chi connectivity index (χ4n) is 2.65. The van der Waals surface area contributed by atoms with E-state index in [1.54, 1.807) is 36.4 Å². The molecule has 0 aliphatic rings. The maximum Gasteiger partial charge on any atom is 0.257 e. The summed E-state index contributed by atoms with van der Waals surface area (Å²) in [5.41, 5.74) is 1.68. The van der Waals surface area contributed by atoms with E-state index in [0.717, 1.165) is 10.6 Å². The fourth-order valence-corrected chi connectivity index (χ4v) is 3.85. The molecule has 160 valence electrons. The Kier molecular flexibility index (Phi) is 8.23. The standard InChI is InChI=1S/C23H20Cl2N2O3S/c1-2-30-18-8-4-16(5-9-18)26-22(28)14-31-19-10-6-17(7-11-19)27-23(29)20-12-3-15(24)13-21(20)25/h3-13H,2,14H2,1H3,(H,26,28)(H,27,29). The molecule has 0 saturated heterocycles. The van der Waals surface area contributed by atoms with Crippen LogP contribution in [0.4, 0.5) is 11.4 Å². The maximum absolute atomic E-state index is 12.4. The summed E-state index contributed by atoms with van der Waals surface area (Å²) in [6.07, 6.45) is 0. The Morgan fingerprint density at radius 3 is 2.19 bits per heavy atom. The van der Waals surface area contributed by atoms with E-state index in [9.17, 15) is 9.59 Å². The topological polar surface area (TPSA) is 67.4 Å². The third kappa shape index (κ3) is 6.92. The summed E-state index contributed by atoms with van der Waals surface area (Å²) in [7, 11) is 0. The van der Waals surface area contributed by atoms with Crippen LogP contribution in [0.15, 0.2) is 71.6 Å². The lowest BCUT2D eigenvalue weighted by molar-refractivity contribution is -0.113. The number of halogens is 2. The van der Waals surface area contributed by atoms with Crippen LogP contribution in [0.2, 0.25) is 10.0 Å². The van der Waals surface area contributed by atoms with E-state index >= 15 is 0 Å². The zero-order valence-corrected chi connectivity index (χ0v) is 19.0. The summed E-state index contributed by atoms with van der Waals surface area (Å²) in [6, 6.07) is 19.2. The maximum atomic E-state index is 12.4. The normalized spacial score (nSPS) is 10.4. The van der Waals surface area contributed by atoms with Crippen LogP contribution in [-0.2, 0) is 4.79 Å². The van der Waals surface area contributed by atoms with E-state index in [1.807, 2.05) is 31.2 Å². The van der Waals surface area contributed by atoms with Gasteiger partial charge in [-0.1, -0.05) is 23.2 Å². The molecule has 0 bridgehead atoms. The second-order valence-electron chi connectivity index (χ2n) is 6.40. The van der Waals surface area contributed by atoms with Crippen molar-refractivity contribution in [3.63, 3.8) is 0 Å². The molecule has 0 saturated carbocycles. The highest BCUT2D eigenvalue weighted by atomic mass is 35.5. The van der Waals surface area contributed by atoms with E-state index in [-0.39, 0.29) is 22.6 Å². The largest absolute Gasteiger partial charge is 0.494 e. The second kappa shape index (κ2) is 11.1. The summed E-state index contributed by atoms with van der Waals surface area (Å²) in [5.74, 6) is 0.598. The average Bonchev–Trinajstić information content (AvgIpc) is 2.75. The van der Waals surface area contributed by atoms with Gasteiger partial charge in [0.1, 0.15) is 5.75 Å². The number of carbonyl (C=O) groups excluding carboxylic acids is 2. The Bertz CT molecular complexity index is 1060. The molecule has 0 aliphatic carbocycles. The molecule has 0 unspecified atom stereocenters. The van der Waals surface area contributed by atoms with Crippen LogP contribution in [0.1, 0.15) is 17.3 Å². The smallest absolute Gasteiger partial charge is 0.257 e. The number of thioether (sulfide) groups is 1. The molecule has 3 aromatic carbocycles. The van der Waals surface area contributed by atoms with Gasteiger partial charge in [-0.15, -0.1) is 11.8 Å². The van der Waals surface area contributed by atoms with Crippen molar-refractivity contribution in [3.05, 3.63) is 82.3 Å². The molecule has 8 heteroatoms. The molecule has 31 heavy (non-hydrogen) atoms. The zero-order chi connectivity index (χ0) is 22.2. The third-order valence-corrected chi connectivity index (χ3v) is 5.67. The van der Waals surface area contributed by atoms with E-state index in [4.69, 9.17) is 27.9 Å². The zero-order valence-electron chi connectivity index (χ0n) is 16.7. The molecule has 0 aromatic heterocycles. The van der Waals surface area contributed by atoms with Crippen LogP contribution in [0, 0.1) is 0 Å². The van der Waals surface area contributed by atoms with E-state index in [0.29, 0.717) is 28.6 Å². The van der Waals surface area contributed by atoms with Crippen molar-refractivity contribution >= 4 is 58.2 Å². The molecule has 0 fully saturated rings. The van der Waals surface area contributed by atoms with Crippen molar-refractivity contribution in [2.24, 2.45) is 0 Å². The van der Waals surface area contributed by atoms with Gasteiger partial charge in [0.2, 0.25) is 5.91 Å². The third-order valence-electron chi connectivity index (χ3n) is 4.11. The number of amides is 2. The summed E-state index contributed by atoms with van der Waals surface area (Å²) in [5, 5.41) is 6.40. The monoisotopic (exact) mass is 474 g/mol. The van der Waals surface area contributed by atoms with Crippen molar-refractivity contribution in [1.29, 1.82) is 0 Å². The van der Waals surface area contributed by atoms with Crippen molar-refractivity contribution in [2.75, 3.05) is 23.0 Å². The van der Waals surface area contributed by atoms with Gasteiger partial charge in [-0.2, -0.15) is 0 Å². The van der Waals surface area contributed by atoms with Crippen LogP contribution in [0.3, 0.4) is 0 Å². The molecule has 0 atom stereocenters. The van der Waals surface area contributed by atoms with Gasteiger partial charge in [0.25, 0.3) is 5.91 Å². The molecule has 0 radical (unpaired) electrons. The lowest BCUT2D eigenvalue weighted by atomic mass is 10.2. The van der Waals surface area contributed by atoms with Crippen molar-refractivity contribution in [3.8, 4) is 5.75 Å². The van der Waals surface area contributed by atoms with Crippen LogP contribution in [-0.4, -0.2) is 24.2 Å². The predicted octanol–water partition coefficient (Wildman–Crippen LogP) is 6.38. The van der Waals surface area contributed by atoms with Gasteiger partial charge in [0, 0.05) is 21.3 Å². The number of rotatable bonds is 8. The number of hydrogen-bond donors (Lipinski definition) is 2. The summed E-state index contributed by atoms with van der Waals surface area (Å²) in [4.78, 5) is 25.5. The number of nitrogens with one attached hydrogen (secondary N) is 2. The molecule has 3 rings (SSSR count). The van der Waals surface area contributed by atoms with Crippen LogP contribution in [0.5, 0.6) is 5.75 Å². The minimum Gasteiger partial charge on any atom is -0.494 e. The Morgan fingerprint density at radius 1 is 0.903 bits per heavy atom. The van der Waals surface area contributed by atoms with Gasteiger partial charge in [-0.25, -0.2) is 0 Å². The van der Waals surface area contributed by atoms with Gasteiger partial charge >= 0.3 is 0 Å². The Labute approximate surface area is 195 Å². The van der Waals surface area contributed by atoms with E-state index in [2.05, 4.69) is 10.6 Å². The van der Waals surface area contributed by atoms with Crippen molar-refractivity contribution in [2.45, 2.75) is 11.8 Å². The second-order valence-corrected chi connectivity index (χ2v) is 8.29. The summed E-state index contributed by atoms with van der Waals surface area (Å²) >= 11 is 13.3. The first-order chi connectivity index (χ1) is 14.9. The van der Waals surface area contributed by atoms with Gasteiger partial charge in [0.05, 0.1) is 22.9 Å². The van der Waals surface area contributed by atoms with Gasteiger partial charge in [-0.3, -0.25) is 9.59 Å². The predicted molar refractivity (Wildman–Crippen MR) is 128 cm³/mol. The quantitative estimate of drug-likeness (QED) is 0.371. The van der Waals surface area contributed by atoms with Crippen molar-refractivity contribution in [1.82, 2.24) is 0 Å². The SMILES string of the molecule is CCOc1ccc(NC(=O)CSc2ccc(NC(=O)c3ccc(Cl)cc3Cl)cc2)cc1. The van der Waals surface area contributed by atoms with Crippen molar-refractivity contribution < 1.29 is 14.3 Å². The van der Waals surface area contributed by atoms with Gasteiger partial charge in [0.15, 0.2) is 0 Å². The molecular formula is C23H20Cl2N2O3S. The lowest BCUT2D eigenvalue weighted by Crippen LogP contribution is -2.14. The first kappa shape index (κ1) is 23.0. The number of anilines is 2. The van der Waals surface area contributed by atoms with E-state index in [1.165, 1.54) is 17.8 Å². The summed E-state index contributed by atoms with van der Waals surface area (Å²) in [6.45, 7) is 2.52. The number of carbonyl (C=O) groups is 2. The summed E-state index contributed by atoms with van der Waals surface area (Å²) < 4.78 is 5.39. The molecular weight excluding hydrogens is 455 g/mol. The molecule has 2 N–H and O–H groups in total. The van der Waals surface area contributed by atoms with Crippen LogP contribution >= 0.6 is 35.0 Å². The first-order valence-electron chi connectivity index (χ1n) is 9.46. The number of ether oxygens (including phenoxy) is 1. The Hall–Kier alpha value is -2.67. The lowest BCUT2D eigenvalue weighted by Gasteiger charge is -2.09. The highest BCUT2D eigenvalue weighted by molar-refractivity contribution is 8.00. The minimum atomic E-state index is -0.322. The van der Waals surface area contributed by atoms with Gasteiger partial charge < -0.3 is 15.4 Å². The number of hydrogen-bond acceptors (Lipinski definition) is 4. The molecule has 0 aliphatic heterocycles. The number of benzene rings is 3. The van der Waals surface area contributed by atoms with E-state index < -0.39 is 0 Å². The minimum absolute atomic E-state index is 0.107. The fraction of sp³-hybridized carbons (Fsp3) is 0.130. The first-order valence-corrected chi connectivity index (χ1v) is 11.2. The average molecular weight is 475 g/mol.